The Labute approximate surface area is 164 Å². The van der Waals surface area contributed by atoms with Crippen molar-refractivity contribution in [2.24, 2.45) is 5.92 Å². The third-order valence-electron chi connectivity index (χ3n) is 4.52. The molecule has 0 saturated carbocycles. The monoisotopic (exact) mass is 383 g/mol. The average molecular weight is 384 g/mol. The molecule has 2 heterocycles. The molecular weight excluding hydrogens is 362 g/mol. The van der Waals surface area contributed by atoms with Crippen molar-refractivity contribution in [3.63, 3.8) is 0 Å². The molecule has 6 heteroatoms. The van der Waals surface area contributed by atoms with Crippen molar-refractivity contribution in [1.82, 2.24) is 10.3 Å². The van der Waals surface area contributed by atoms with Crippen molar-refractivity contribution in [3.8, 4) is 18.1 Å². The minimum Gasteiger partial charge on any atom is -0.492 e. The van der Waals surface area contributed by atoms with E-state index in [0.717, 1.165) is 37.5 Å². The van der Waals surface area contributed by atoms with Crippen LogP contribution in [0.15, 0.2) is 42.6 Å². The number of piperidine rings is 1. The number of ether oxygens (including phenoxy) is 1. The molecule has 0 aliphatic carbocycles. The molecule has 1 saturated heterocycles. The molecule has 1 unspecified atom stereocenters. The second-order valence-corrected chi connectivity index (χ2v) is 6.89. The number of terminal acetylenes is 1. The minimum atomic E-state index is -0.211. The zero-order valence-electron chi connectivity index (χ0n) is 15.0. The first-order chi connectivity index (χ1) is 13.2. The number of hydrogen-bond donors (Lipinski definition) is 1. The van der Waals surface area contributed by atoms with Crippen LogP contribution in [0.1, 0.15) is 23.2 Å². The van der Waals surface area contributed by atoms with E-state index in [1.165, 1.54) is 0 Å². The van der Waals surface area contributed by atoms with Crippen molar-refractivity contribution < 1.29 is 9.53 Å². The smallest absolute Gasteiger partial charge is 0.253 e. The van der Waals surface area contributed by atoms with E-state index in [1.54, 1.807) is 12.3 Å². The average Bonchev–Trinajstić information content (AvgIpc) is 2.72. The number of benzene rings is 1. The molecule has 1 atom stereocenters. The summed E-state index contributed by atoms with van der Waals surface area (Å²) in [7, 11) is 0. The van der Waals surface area contributed by atoms with Crippen LogP contribution in [0.4, 0.5) is 5.82 Å². The van der Waals surface area contributed by atoms with Gasteiger partial charge in [0, 0.05) is 25.2 Å². The number of carbonyl (C=O) groups is 1. The summed E-state index contributed by atoms with van der Waals surface area (Å²) in [5.74, 6) is 4.16. The minimum absolute atomic E-state index is 0.208. The normalized spacial score (nSPS) is 16.4. The molecule has 0 bridgehead atoms. The fourth-order valence-electron chi connectivity index (χ4n) is 3.12. The lowest BCUT2D eigenvalue weighted by molar-refractivity contribution is 0.0958. The van der Waals surface area contributed by atoms with Gasteiger partial charge in [0.2, 0.25) is 0 Å². The summed E-state index contributed by atoms with van der Waals surface area (Å²) in [5, 5.41) is 3.27. The van der Waals surface area contributed by atoms with Gasteiger partial charge in [0.05, 0.1) is 23.7 Å². The number of nitrogens with zero attached hydrogens (tertiary/aromatic N) is 2. The molecule has 140 valence electrons. The van der Waals surface area contributed by atoms with Crippen molar-refractivity contribution in [1.29, 1.82) is 0 Å². The predicted molar refractivity (Wildman–Crippen MR) is 107 cm³/mol. The maximum absolute atomic E-state index is 11.9. The van der Waals surface area contributed by atoms with Gasteiger partial charge in [-0.2, -0.15) is 0 Å². The Morgan fingerprint density at radius 3 is 2.96 bits per heavy atom. The van der Waals surface area contributed by atoms with Crippen LogP contribution in [0.2, 0.25) is 5.02 Å². The lowest BCUT2D eigenvalue weighted by atomic mass is 9.99. The van der Waals surface area contributed by atoms with Crippen molar-refractivity contribution in [3.05, 3.63) is 53.2 Å². The first-order valence-corrected chi connectivity index (χ1v) is 9.35. The molecule has 27 heavy (non-hydrogen) atoms. The Bertz CT molecular complexity index is 817. The maximum atomic E-state index is 11.9. The van der Waals surface area contributed by atoms with Gasteiger partial charge < -0.3 is 15.0 Å². The highest BCUT2D eigenvalue weighted by Gasteiger charge is 2.22. The molecule has 1 fully saturated rings. The highest BCUT2D eigenvalue weighted by Crippen LogP contribution is 2.26. The van der Waals surface area contributed by atoms with Crippen LogP contribution in [0.5, 0.6) is 5.75 Å². The molecule has 2 aromatic rings. The number of rotatable bonds is 6. The number of amides is 1. The molecule has 1 aromatic carbocycles. The van der Waals surface area contributed by atoms with Crippen molar-refractivity contribution in [2.75, 3.05) is 31.1 Å². The molecular formula is C21H22ClN3O2. The maximum Gasteiger partial charge on any atom is 0.253 e. The first kappa shape index (κ1) is 19.1. The lowest BCUT2D eigenvalue weighted by Crippen LogP contribution is -2.38. The van der Waals surface area contributed by atoms with Gasteiger partial charge in [-0.25, -0.2) is 4.98 Å². The molecule has 1 N–H and O–H groups in total. The van der Waals surface area contributed by atoms with Crippen LogP contribution in [0.3, 0.4) is 0 Å². The zero-order chi connectivity index (χ0) is 19.1. The third kappa shape index (κ3) is 5.15. The molecule has 1 aromatic heterocycles. The van der Waals surface area contributed by atoms with Gasteiger partial charge in [-0.05, 0) is 37.1 Å². The Hall–Kier alpha value is -2.71. The molecule has 1 aliphatic rings. The van der Waals surface area contributed by atoms with Crippen molar-refractivity contribution in [2.45, 2.75) is 12.8 Å². The van der Waals surface area contributed by atoms with Gasteiger partial charge in [-0.3, -0.25) is 4.79 Å². The molecule has 1 aliphatic heterocycles. The van der Waals surface area contributed by atoms with E-state index in [9.17, 15) is 4.79 Å². The van der Waals surface area contributed by atoms with E-state index in [0.29, 0.717) is 23.1 Å². The van der Waals surface area contributed by atoms with Gasteiger partial charge in [-0.15, -0.1) is 6.42 Å². The number of carbonyl (C=O) groups excluding carboxylic acids is 1. The Balaban J connectivity index is 1.57. The number of halogens is 1. The summed E-state index contributed by atoms with van der Waals surface area (Å²) in [6.45, 7) is 2.63. The van der Waals surface area contributed by atoms with Crippen LogP contribution in [0, 0.1) is 18.3 Å². The summed E-state index contributed by atoms with van der Waals surface area (Å²) in [5.41, 5.74) is 0.504. The summed E-state index contributed by atoms with van der Waals surface area (Å²) >= 11 is 6.15. The van der Waals surface area contributed by atoms with Crippen LogP contribution < -0.4 is 15.0 Å². The Kier molecular flexibility index (Phi) is 6.56. The van der Waals surface area contributed by atoms with Crippen LogP contribution in [0.25, 0.3) is 0 Å². The van der Waals surface area contributed by atoms with E-state index in [-0.39, 0.29) is 12.5 Å². The van der Waals surface area contributed by atoms with Crippen molar-refractivity contribution >= 4 is 23.3 Å². The summed E-state index contributed by atoms with van der Waals surface area (Å²) in [6.07, 6.45) is 8.92. The lowest BCUT2D eigenvalue weighted by Gasteiger charge is -2.33. The van der Waals surface area contributed by atoms with E-state index in [2.05, 4.69) is 21.1 Å². The Morgan fingerprint density at radius 2 is 2.22 bits per heavy atom. The number of pyridine rings is 1. The van der Waals surface area contributed by atoms with Gasteiger partial charge in [0.1, 0.15) is 11.6 Å². The van der Waals surface area contributed by atoms with Crippen LogP contribution in [-0.2, 0) is 0 Å². The van der Waals surface area contributed by atoms with Gasteiger partial charge >= 0.3 is 0 Å². The van der Waals surface area contributed by atoms with E-state index < -0.39 is 0 Å². The number of para-hydroxylation sites is 1. The highest BCUT2D eigenvalue weighted by molar-refractivity contribution is 6.32. The first-order valence-electron chi connectivity index (χ1n) is 8.97. The zero-order valence-corrected chi connectivity index (χ0v) is 15.8. The second-order valence-electron chi connectivity index (χ2n) is 6.49. The van der Waals surface area contributed by atoms with E-state index in [4.69, 9.17) is 22.8 Å². The van der Waals surface area contributed by atoms with E-state index in [1.807, 2.05) is 30.3 Å². The number of hydrogen-bond acceptors (Lipinski definition) is 4. The van der Waals surface area contributed by atoms with Crippen LogP contribution >= 0.6 is 11.6 Å². The molecule has 5 nitrogen and oxygen atoms in total. The number of nitrogens with one attached hydrogen (secondary N) is 1. The summed E-state index contributed by atoms with van der Waals surface area (Å²) in [6, 6.07) is 11.2. The topological polar surface area (TPSA) is 54.5 Å². The fraction of sp³-hybridized carbons (Fsp3) is 0.333. The van der Waals surface area contributed by atoms with Crippen LogP contribution in [-0.4, -0.2) is 37.1 Å². The highest BCUT2D eigenvalue weighted by atomic mass is 35.5. The summed E-state index contributed by atoms with van der Waals surface area (Å²) < 4.78 is 5.90. The quantitative estimate of drug-likeness (QED) is 0.777. The van der Waals surface area contributed by atoms with Gasteiger partial charge in [-0.1, -0.05) is 29.7 Å². The van der Waals surface area contributed by atoms with E-state index >= 15 is 0 Å². The fourth-order valence-corrected chi connectivity index (χ4v) is 3.31. The molecule has 3 rings (SSSR count). The molecule has 1 amide bonds. The van der Waals surface area contributed by atoms with Gasteiger partial charge in [0.25, 0.3) is 5.91 Å². The van der Waals surface area contributed by atoms with Gasteiger partial charge in [0.15, 0.2) is 0 Å². The number of anilines is 1. The number of aromatic nitrogens is 1. The second kappa shape index (κ2) is 9.29. The predicted octanol–water partition coefficient (Wildman–Crippen LogP) is 3.39. The largest absolute Gasteiger partial charge is 0.492 e. The SMILES string of the molecule is C#CCNC(=O)c1ccc(N2CCCC(COc3ccccc3Cl)C2)nc1. The third-order valence-corrected chi connectivity index (χ3v) is 4.83. The summed E-state index contributed by atoms with van der Waals surface area (Å²) in [4.78, 5) is 18.6. The standard InChI is InChI=1S/C21H22ClN3O2/c1-2-11-23-21(26)17-9-10-20(24-13-17)25-12-5-6-16(14-25)15-27-19-8-4-3-7-18(19)22/h1,3-4,7-10,13,16H,5-6,11-12,14-15H2,(H,23,26). The molecule has 0 spiro atoms. The Morgan fingerprint density at radius 1 is 1.37 bits per heavy atom. The molecule has 0 radical (unpaired) electrons.